The van der Waals surface area contributed by atoms with E-state index in [9.17, 15) is 15.0 Å². The van der Waals surface area contributed by atoms with Gasteiger partial charge in [-0.15, -0.1) is 0 Å². The van der Waals surface area contributed by atoms with Crippen molar-refractivity contribution in [2.45, 2.75) is 6.10 Å². The number of aliphatic hydroxyl groups is 2. The normalized spacial score (nSPS) is 11.9. The van der Waals surface area contributed by atoms with Crippen molar-refractivity contribution in [1.82, 2.24) is 0 Å². The van der Waals surface area contributed by atoms with Crippen LogP contribution < -0.4 is 5.32 Å². The molecule has 1 unspecified atom stereocenters. The highest BCUT2D eigenvalue weighted by Crippen LogP contribution is 2.31. The molecule has 5 nitrogen and oxygen atoms in total. The Labute approximate surface area is 122 Å². The second-order valence-electron chi connectivity index (χ2n) is 4.62. The van der Waals surface area contributed by atoms with Crippen LogP contribution in [0.2, 0.25) is 0 Å². The number of anilines is 1. The molecular weight excluding hydrogens is 270 g/mol. The molecule has 2 aromatic carbocycles. The molecule has 0 fully saturated rings. The van der Waals surface area contributed by atoms with Gasteiger partial charge in [0.25, 0.3) is 0 Å². The summed E-state index contributed by atoms with van der Waals surface area (Å²) in [5.74, 6) is -1.01. The second-order valence-corrected chi connectivity index (χ2v) is 4.62. The minimum absolute atomic E-state index is 0.138. The van der Waals surface area contributed by atoms with Crippen LogP contribution in [-0.2, 0) is 0 Å². The number of carboxylic acid groups (broad SMARTS) is 1. The van der Waals surface area contributed by atoms with E-state index >= 15 is 0 Å². The number of carbonyl (C=O) groups is 1. The Morgan fingerprint density at radius 2 is 1.81 bits per heavy atom. The molecule has 4 N–H and O–H groups in total. The van der Waals surface area contributed by atoms with E-state index in [0.29, 0.717) is 11.3 Å². The van der Waals surface area contributed by atoms with Gasteiger partial charge in [0, 0.05) is 17.8 Å². The van der Waals surface area contributed by atoms with E-state index in [1.165, 1.54) is 6.07 Å². The zero-order valence-corrected chi connectivity index (χ0v) is 11.4. The number of aromatic carboxylic acids is 1. The number of hydrogen-bond acceptors (Lipinski definition) is 4. The van der Waals surface area contributed by atoms with Crippen LogP contribution in [0.1, 0.15) is 10.4 Å². The highest BCUT2D eigenvalue weighted by atomic mass is 16.4. The third-order valence-corrected chi connectivity index (χ3v) is 3.10. The van der Waals surface area contributed by atoms with Crippen LogP contribution in [0.4, 0.5) is 5.69 Å². The fraction of sp³-hybridized carbons (Fsp3) is 0.188. The van der Waals surface area contributed by atoms with Crippen molar-refractivity contribution < 1.29 is 20.1 Å². The van der Waals surface area contributed by atoms with Crippen molar-refractivity contribution in [2.75, 3.05) is 18.5 Å². The van der Waals surface area contributed by atoms with Crippen molar-refractivity contribution in [1.29, 1.82) is 0 Å². The molecule has 0 heterocycles. The third kappa shape index (κ3) is 3.59. The van der Waals surface area contributed by atoms with Gasteiger partial charge in [0.15, 0.2) is 0 Å². The zero-order valence-electron chi connectivity index (χ0n) is 11.4. The maximum atomic E-state index is 11.4. The molecule has 0 bridgehead atoms. The molecule has 110 valence electrons. The molecule has 0 radical (unpaired) electrons. The Morgan fingerprint density at radius 3 is 2.43 bits per heavy atom. The SMILES string of the molecule is O=C(O)c1cccc(NCC(O)CO)c1-c1ccccc1. The van der Waals surface area contributed by atoms with Gasteiger partial charge in [-0.05, 0) is 17.7 Å². The first kappa shape index (κ1) is 15.0. The highest BCUT2D eigenvalue weighted by Gasteiger charge is 2.16. The van der Waals surface area contributed by atoms with Gasteiger partial charge < -0.3 is 20.6 Å². The van der Waals surface area contributed by atoms with Crippen molar-refractivity contribution in [3.8, 4) is 11.1 Å². The van der Waals surface area contributed by atoms with Crippen LogP contribution >= 0.6 is 0 Å². The molecule has 2 aromatic rings. The van der Waals surface area contributed by atoms with E-state index in [1.807, 2.05) is 30.3 Å². The lowest BCUT2D eigenvalue weighted by Crippen LogP contribution is -2.23. The van der Waals surface area contributed by atoms with Gasteiger partial charge in [-0.3, -0.25) is 0 Å². The van der Waals surface area contributed by atoms with E-state index in [2.05, 4.69) is 5.32 Å². The molecule has 0 aromatic heterocycles. The molecule has 0 spiro atoms. The van der Waals surface area contributed by atoms with Gasteiger partial charge >= 0.3 is 5.97 Å². The molecule has 0 aliphatic rings. The molecule has 2 rings (SSSR count). The molecule has 5 heteroatoms. The second kappa shape index (κ2) is 6.88. The summed E-state index contributed by atoms with van der Waals surface area (Å²) in [5.41, 5.74) is 2.13. The monoisotopic (exact) mass is 287 g/mol. The summed E-state index contributed by atoms with van der Waals surface area (Å²) in [6, 6.07) is 14.1. The van der Waals surface area contributed by atoms with Crippen molar-refractivity contribution in [3.63, 3.8) is 0 Å². The van der Waals surface area contributed by atoms with Gasteiger partial charge in [0.2, 0.25) is 0 Å². The first-order valence-electron chi connectivity index (χ1n) is 6.58. The lowest BCUT2D eigenvalue weighted by atomic mass is 9.97. The van der Waals surface area contributed by atoms with E-state index in [1.54, 1.807) is 12.1 Å². The van der Waals surface area contributed by atoms with Gasteiger partial charge in [0.1, 0.15) is 0 Å². The zero-order chi connectivity index (χ0) is 15.2. The third-order valence-electron chi connectivity index (χ3n) is 3.10. The molecule has 1 atom stereocenters. The fourth-order valence-electron chi connectivity index (χ4n) is 2.09. The Hall–Kier alpha value is -2.37. The number of nitrogens with one attached hydrogen (secondary N) is 1. The Balaban J connectivity index is 2.45. The molecular formula is C16H17NO4. The average Bonchev–Trinajstić information content (AvgIpc) is 2.52. The maximum Gasteiger partial charge on any atom is 0.336 e. The number of rotatable bonds is 6. The van der Waals surface area contributed by atoms with E-state index < -0.39 is 12.1 Å². The first-order chi connectivity index (χ1) is 10.1. The topological polar surface area (TPSA) is 89.8 Å². The molecule has 0 saturated heterocycles. The van der Waals surface area contributed by atoms with Gasteiger partial charge in [-0.1, -0.05) is 36.4 Å². The van der Waals surface area contributed by atoms with Crippen molar-refractivity contribution in [3.05, 3.63) is 54.1 Å². The molecule has 0 saturated carbocycles. The Kier molecular flexibility index (Phi) is 4.92. The lowest BCUT2D eigenvalue weighted by Gasteiger charge is -2.16. The predicted molar refractivity (Wildman–Crippen MR) is 80.4 cm³/mol. The minimum Gasteiger partial charge on any atom is -0.478 e. The quantitative estimate of drug-likeness (QED) is 0.650. The highest BCUT2D eigenvalue weighted by molar-refractivity contribution is 6.00. The fourth-order valence-corrected chi connectivity index (χ4v) is 2.09. The summed E-state index contributed by atoms with van der Waals surface area (Å²) in [6.45, 7) is -0.217. The smallest absolute Gasteiger partial charge is 0.336 e. The van der Waals surface area contributed by atoms with Gasteiger partial charge in [-0.2, -0.15) is 0 Å². The number of aliphatic hydroxyl groups excluding tert-OH is 2. The van der Waals surface area contributed by atoms with Crippen molar-refractivity contribution in [2.24, 2.45) is 0 Å². The van der Waals surface area contributed by atoms with Crippen LogP contribution in [-0.4, -0.2) is 40.5 Å². The molecule has 0 amide bonds. The van der Waals surface area contributed by atoms with Crippen LogP contribution in [0, 0.1) is 0 Å². The molecule has 0 aliphatic carbocycles. The summed E-state index contributed by atoms with van der Waals surface area (Å²) in [4.78, 5) is 11.4. The molecule has 0 aliphatic heterocycles. The van der Waals surface area contributed by atoms with Gasteiger partial charge in [0.05, 0.1) is 18.3 Å². The van der Waals surface area contributed by atoms with Crippen LogP contribution in [0.5, 0.6) is 0 Å². The Morgan fingerprint density at radius 1 is 1.10 bits per heavy atom. The van der Waals surface area contributed by atoms with Crippen LogP contribution in [0.25, 0.3) is 11.1 Å². The standard InChI is InChI=1S/C16H17NO4/c18-10-12(19)9-17-14-8-4-7-13(16(20)21)15(14)11-5-2-1-3-6-11/h1-8,12,17-19H,9-10H2,(H,20,21). The van der Waals surface area contributed by atoms with E-state index in [4.69, 9.17) is 5.11 Å². The minimum atomic E-state index is -1.01. The number of hydrogen-bond donors (Lipinski definition) is 4. The van der Waals surface area contributed by atoms with Gasteiger partial charge in [-0.25, -0.2) is 4.79 Å². The average molecular weight is 287 g/mol. The largest absolute Gasteiger partial charge is 0.478 e. The summed E-state index contributed by atoms with van der Waals surface area (Å²) in [6.07, 6.45) is -0.901. The molecule has 21 heavy (non-hydrogen) atoms. The maximum absolute atomic E-state index is 11.4. The van der Waals surface area contributed by atoms with Crippen LogP contribution in [0.15, 0.2) is 48.5 Å². The van der Waals surface area contributed by atoms with E-state index in [0.717, 1.165) is 5.56 Å². The number of carboxylic acids is 1. The lowest BCUT2D eigenvalue weighted by molar-refractivity contribution is 0.0698. The first-order valence-corrected chi connectivity index (χ1v) is 6.58. The summed E-state index contributed by atoms with van der Waals surface area (Å²) in [5, 5.41) is 30.6. The summed E-state index contributed by atoms with van der Waals surface area (Å²) in [7, 11) is 0. The van der Waals surface area contributed by atoms with Crippen molar-refractivity contribution >= 4 is 11.7 Å². The van der Waals surface area contributed by atoms with E-state index in [-0.39, 0.29) is 18.7 Å². The Bertz CT molecular complexity index is 613. The summed E-state index contributed by atoms with van der Waals surface area (Å²) < 4.78 is 0. The number of benzene rings is 2. The van der Waals surface area contributed by atoms with Crippen LogP contribution in [0.3, 0.4) is 0 Å². The predicted octanol–water partition coefficient (Wildman–Crippen LogP) is 1.82. The summed E-state index contributed by atoms with van der Waals surface area (Å²) >= 11 is 0.